The third kappa shape index (κ3) is 4.60. The van der Waals surface area contributed by atoms with Gasteiger partial charge in [-0.3, -0.25) is 4.79 Å². The van der Waals surface area contributed by atoms with E-state index >= 15 is 0 Å². The molecule has 174 valence electrons. The molecule has 1 aliphatic rings. The topological polar surface area (TPSA) is 87.4 Å². The Bertz CT molecular complexity index is 1190. The summed E-state index contributed by atoms with van der Waals surface area (Å²) in [5.41, 5.74) is 0.733. The van der Waals surface area contributed by atoms with Gasteiger partial charge in [-0.2, -0.15) is 0 Å². The number of hydrogen-bond donors (Lipinski definition) is 0. The van der Waals surface area contributed by atoms with Crippen molar-refractivity contribution in [1.29, 1.82) is 0 Å². The smallest absolute Gasteiger partial charge is 0.415 e. The van der Waals surface area contributed by atoms with Crippen molar-refractivity contribution in [2.24, 2.45) is 0 Å². The Labute approximate surface area is 191 Å². The van der Waals surface area contributed by atoms with Gasteiger partial charge in [0.2, 0.25) is 5.75 Å². The molecule has 4 rings (SSSR count). The van der Waals surface area contributed by atoms with Gasteiger partial charge in [0.15, 0.2) is 16.9 Å². The highest BCUT2D eigenvalue weighted by Gasteiger charge is 2.22. The number of carbonyl (C=O) groups excluding carboxylic acids is 1. The van der Waals surface area contributed by atoms with E-state index in [9.17, 15) is 9.59 Å². The van der Waals surface area contributed by atoms with E-state index in [1.54, 1.807) is 35.2 Å². The van der Waals surface area contributed by atoms with Crippen molar-refractivity contribution in [3.63, 3.8) is 0 Å². The fourth-order valence-electron chi connectivity index (χ4n) is 3.88. The average molecular weight is 453 g/mol. The largest absolute Gasteiger partial charge is 0.490 e. The first-order valence-corrected chi connectivity index (χ1v) is 11.1. The number of benzene rings is 2. The van der Waals surface area contributed by atoms with Gasteiger partial charge in [-0.25, -0.2) is 4.79 Å². The highest BCUT2D eigenvalue weighted by molar-refractivity contribution is 5.90. The van der Waals surface area contributed by atoms with Crippen molar-refractivity contribution in [2.45, 2.75) is 26.7 Å². The second-order valence-corrected chi connectivity index (χ2v) is 7.54. The summed E-state index contributed by atoms with van der Waals surface area (Å²) >= 11 is 0. The van der Waals surface area contributed by atoms with Crippen LogP contribution in [0.2, 0.25) is 0 Å². The zero-order valence-corrected chi connectivity index (χ0v) is 19.0. The molecule has 1 saturated heterocycles. The molecule has 2 heterocycles. The summed E-state index contributed by atoms with van der Waals surface area (Å²) in [7, 11) is 1.50. The standard InChI is InChI=1S/C25H27NO7/c1-4-30-21-15-20-22(24(31-5-2)23(21)29-3)18(27)14-19(33-20)16-8-10-17(11-9-16)32-25(28)26-12-6-7-13-26/h8-11,14-15H,4-7,12-13H2,1-3H3. The molecule has 1 amide bonds. The average Bonchev–Trinajstić information content (AvgIpc) is 3.35. The summed E-state index contributed by atoms with van der Waals surface area (Å²) in [5.74, 6) is 1.89. The second-order valence-electron chi connectivity index (χ2n) is 7.54. The van der Waals surface area contributed by atoms with E-state index in [1.165, 1.54) is 13.2 Å². The minimum absolute atomic E-state index is 0.263. The minimum Gasteiger partial charge on any atom is -0.490 e. The van der Waals surface area contributed by atoms with Crippen LogP contribution in [-0.2, 0) is 0 Å². The van der Waals surface area contributed by atoms with Gasteiger partial charge in [0.1, 0.15) is 22.5 Å². The summed E-state index contributed by atoms with van der Waals surface area (Å²) in [6.45, 7) is 5.88. The Morgan fingerprint density at radius 2 is 1.70 bits per heavy atom. The lowest BCUT2D eigenvalue weighted by atomic mass is 10.1. The predicted molar refractivity (Wildman–Crippen MR) is 124 cm³/mol. The molecular weight excluding hydrogens is 426 g/mol. The van der Waals surface area contributed by atoms with E-state index in [4.69, 9.17) is 23.4 Å². The van der Waals surface area contributed by atoms with Crippen LogP contribution in [0.3, 0.4) is 0 Å². The van der Waals surface area contributed by atoms with Crippen LogP contribution < -0.4 is 24.4 Å². The molecule has 1 fully saturated rings. The van der Waals surface area contributed by atoms with Crippen molar-refractivity contribution >= 4 is 17.1 Å². The first-order valence-electron chi connectivity index (χ1n) is 11.1. The van der Waals surface area contributed by atoms with E-state index in [2.05, 4.69) is 0 Å². The van der Waals surface area contributed by atoms with Crippen molar-refractivity contribution in [3.05, 3.63) is 46.6 Å². The number of fused-ring (bicyclic) bond motifs is 1. The number of hydrogen-bond acceptors (Lipinski definition) is 7. The molecule has 0 aliphatic carbocycles. The highest BCUT2D eigenvalue weighted by atomic mass is 16.6. The van der Waals surface area contributed by atoms with Crippen LogP contribution in [-0.4, -0.2) is 44.4 Å². The predicted octanol–water partition coefficient (Wildman–Crippen LogP) is 4.86. The van der Waals surface area contributed by atoms with Crippen molar-refractivity contribution in [1.82, 2.24) is 4.90 Å². The van der Waals surface area contributed by atoms with E-state index in [1.807, 2.05) is 13.8 Å². The minimum atomic E-state index is -0.349. The Morgan fingerprint density at radius 1 is 1.00 bits per heavy atom. The maximum absolute atomic E-state index is 13.1. The summed E-state index contributed by atoms with van der Waals surface area (Å²) in [6, 6.07) is 9.89. The molecular formula is C25H27NO7. The Morgan fingerprint density at radius 3 is 2.33 bits per heavy atom. The number of nitrogens with zero attached hydrogens (tertiary/aromatic N) is 1. The molecule has 0 saturated carbocycles. The second kappa shape index (κ2) is 9.85. The van der Waals surface area contributed by atoms with Gasteiger partial charge in [0, 0.05) is 30.8 Å². The zero-order chi connectivity index (χ0) is 23.4. The van der Waals surface area contributed by atoms with Gasteiger partial charge >= 0.3 is 6.09 Å². The first kappa shape index (κ1) is 22.5. The summed E-state index contributed by atoms with van der Waals surface area (Å²) in [6.07, 6.45) is 1.65. The molecule has 0 radical (unpaired) electrons. The molecule has 0 N–H and O–H groups in total. The summed E-state index contributed by atoms with van der Waals surface area (Å²) < 4.78 is 28.4. The van der Waals surface area contributed by atoms with E-state index < -0.39 is 0 Å². The number of methoxy groups -OCH3 is 1. The number of amides is 1. The summed E-state index contributed by atoms with van der Waals surface area (Å²) in [4.78, 5) is 26.9. The molecule has 0 atom stereocenters. The fourth-order valence-corrected chi connectivity index (χ4v) is 3.88. The lowest BCUT2D eigenvalue weighted by Crippen LogP contribution is -2.30. The third-order valence-electron chi connectivity index (χ3n) is 5.40. The van der Waals surface area contributed by atoms with E-state index in [0.29, 0.717) is 53.1 Å². The summed E-state index contributed by atoms with van der Waals surface area (Å²) in [5, 5.41) is 0.289. The van der Waals surface area contributed by atoms with Gasteiger partial charge in [-0.15, -0.1) is 0 Å². The Balaban J connectivity index is 1.69. The van der Waals surface area contributed by atoms with Gasteiger partial charge in [0.25, 0.3) is 0 Å². The maximum atomic E-state index is 13.1. The number of rotatable bonds is 7. The van der Waals surface area contributed by atoms with Gasteiger partial charge in [0.05, 0.1) is 20.3 Å². The zero-order valence-electron chi connectivity index (χ0n) is 19.0. The van der Waals surface area contributed by atoms with E-state index in [0.717, 1.165) is 25.9 Å². The quantitative estimate of drug-likeness (QED) is 0.505. The lowest BCUT2D eigenvalue weighted by Gasteiger charge is -2.16. The van der Waals surface area contributed by atoms with Gasteiger partial charge < -0.3 is 28.3 Å². The lowest BCUT2D eigenvalue weighted by molar-refractivity contribution is 0.163. The van der Waals surface area contributed by atoms with Crippen LogP contribution in [0.1, 0.15) is 26.7 Å². The van der Waals surface area contributed by atoms with Crippen LogP contribution in [0, 0.1) is 0 Å². The number of ether oxygens (including phenoxy) is 4. The molecule has 0 unspecified atom stereocenters. The van der Waals surface area contributed by atoms with Crippen LogP contribution in [0.4, 0.5) is 4.79 Å². The molecule has 33 heavy (non-hydrogen) atoms. The highest BCUT2D eigenvalue weighted by Crippen LogP contribution is 2.43. The number of likely N-dealkylation sites (tertiary alicyclic amines) is 1. The molecule has 8 nitrogen and oxygen atoms in total. The molecule has 3 aromatic rings. The van der Waals surface area contributed by atoms with Gasteiger partial charge in [-0.05, 0) is 51.0 Å². The Kier molecular flexibility index (Phi) is 6.72. The van der Waals surface area contributed by atoms with Crippen molar-refractivity contribution in [3.8, 4) is 34.3 Å². The molecule has 0 bridgehead atoms. The number of carbonyl (C=O) groups is 1. The van der Waals surface area contributed by atoms with Crippen molar-refractivity contribution < 1.29 is 28.2 Å². The SMILES string of the molecule is CCOc1cc2oc(-c3ccc(OC(=O)N4CCCC4)cc3)cc(=O)c2c(OCC)c1OC. The first-order chi connectivity index (χ1) is 16.0. The molecule has 8 heteroatoms. The van der Waals surface area contributed by atoms with Crippen LogP contribution >= 0.6 is 0 Å². The molecule has 2 aromatic carbocycles. The monoisotopic (exact) mass is 453 g/mol. The van der Waals surface area contributed by atoms with Crippen LogP contribution in [0.15, 0.2) is 45.6 Å². The molecule has 0 spiro atoms. The fraction of sp³-hybridized carbons (Fsp3) is 0.360. The molecule has 1 aromatic heterocycles. The third-order valence-corrected chi connectivity index (χ3v) is 5.40. The van der Waals surface area contributed by atoms with Gasteiger partial charge in [-0.1, -0.05) is 0 Å². The van der Waals surface area contributed by atoms with Crippen molar-refractivity contribution in [2.75, 3.05) is 33.4 Å². The Hall–Kier alpha value is -3.68. The normalized spacial score (nSPS) is 13.2. The maximum Gasteiger partial charge on any atom is 0.415 e. The van der Waals surface area contributed by atoms with Crippen LogP contribution in [0.5, 0.6) is 23.0 Å². The van der Waals surface area contributed by atoms with E-state index in [-0.39, 0.29) is 16.9 Å². The molecule has 1 aliphatic heterocycles. The van der Waals surface area contributed by atoms with Crippen LogP contribution in [0.25, 0.3) is 22.3 Å².